The molecular weight excluding hydrogens is 435 g/mol. The maximum atomic E-state index is 5.07. The van der Waals surface area contributed by atoms with Crippen LogP contribution in [0.2, 0.25) is 0 Å². The first-order chi connectivity index (χ1) is 11.2. The molecule has 2 aromatic heterocycles. The summed E-state index contributed by atoms with van der Waals surface area (Å²) in [6.07, 6.45) is 2.83. The lowest BCUT2D eigenvalue weighted by molar-refractivity contribution is 0.397. The Morgan fingerprint density at radius 1 is 1.38 bits per heavy atom. The van der Waals surface area contributed by atoms with Crippen LogP contribution >= 0.6 is 35.3 Å². The number of halogens is 1. The molecule has 132 valence electrons. The molecule has 0 saturated carbocycles. The number of hydrogen-bond acceptors (Lipinski definition) is 4. The molecule has 0 radical (unpaired) electrons. The summed E-state index contributed by atoms with van der Waals surface area (Å²) in [6.45, 7) is 4.47. The second-order valence-corrected chi connectivity index (χ2v) is 6.16. The summed E-state index contributed by atoms with van der Waals surface area (Å²) in [5.41, 5.74) is 1.06. The van der Waals surface area contributed by atoms with Crippen LogP contribution in [0.5, 0.6) is 5.88 Å². The van der Waals surface area contributed by atoms with E-state index < -0.39 is 0 Å². The van der Waals surface area contributed by atoms with E-state index in [1.165, 1.54) is 4.88 Å². The minimum atomic E-state index is 0. The van der Waals surface area contributed by atoms with E-state index in [9.17, 15) is 0 Å². The summed E-state index contributed by atoms with van der Waals surface area (Å²) in [6, 6.07) is 8.12. The van der Waals surface area contributed by atoms with Crippen LogP contribution in [0.25, 0.3) is 0 Å². The smallest absolute Gasteiger partial charge is 0.212 e. The van der Waals surface area contributed by atoms with Gasteiger partial charge >= 0.3 is 0 Å². The maximum Gasteiger partial charge on any atom is 0.212 e. The van der Waals surface area contributed by atoms with Gasteiger partial charge in [0.05, 0.1) is 13.7 Å². The zero-order valence-electron chi connectivity index (χ0n) is 14.4. The van der Waals surface area contributed by atoms with Crippen LogP contribution in [0.15, 0.2) is 40.8 Å². The Hall–Kier alpha value is -1.35. The van der Waals surface area contributed by atoms with Gasteiger partial charge in [0.1, 0.15) is 0 Å². The van der Waals surface area contributed by atoms with Crippen molar-refractivity contribution in [2.75, 3.05) is 27.2 Å². The molecule has 0 spiro atoms. The lowest BCUT2D eigenvalue weighted by Crippen LogP contribution is -2.39. The average molecular weight is 460 g/mol. The molecule has 0 amide bonds. The molecule has 0 unspecified atom stereocenters. The highest BCUT2D eigenvalue weighted by atomic mass is 127. The van der Waals surface area contributed by atoms with Crippen LogP contribution < -0.4 is 10.1 Å². The summed E-state index contributed by atoms with van der Waals surface area (Å²) in [5.74, 6) is 1.54. The first-order valence-corrected chi connectivity index (χ1v) is 8.61. The Labute approximate surface area is 165 Å². The molecule has 0 fully saturated rings. The van der Waals surface area contributed by atoms with E-state index in [-0.39, 0.29) is 24.0 Å². The molecule has 2 heterocycles. The number of ether oxygens (including phenoxy) is 1. The topological polar surface area (TPSA) is 49.8 Å². The third-order valence-electron chi connectivity index (χ3n) is 3.39. The van der Waals surface area contributed by atoms with Crippen LogP contribution in [-0.2, 0) is 13.0 Å². The van der Waals surface area contributed by atoms with Crippen molar-refractivity contribution in [1.29, 1.82) is 0 Å². The number of pyridine rings is 1. The molecule has 0 aliphatic carbocycles. The van der Waals surface area contributed by atoms with Gasteiger partial charge in [0.25, 0.3) is 0 Å². The maximum absolute atomic E-state index is 5.07. The number of nitrogens with one attached hydrogen (secondary N) is 1. The lowest BCUT2D eigenvalue weighted by Gasteiger charge is -2.21. The largest absolute Gasteiger partial charge is 0.481 e. The Kier molecular flexibility index (Phi) is 9.70. The van der Waals surface area contributed by atoms with E-state index >= 15 is 0 Å². The SMILES string of the molecule is CCNC(=NCc1ccc(OC)nc1)N(C)CCc1cccs1.I. The zero-order valence-corrected chi connectivity index (χ0v) is 17.5. The summed E-state index contributed by atoms with van der Waals surface area (Å²) in [5, 5.41) is 5.46. The molecule has 2 aromatic rings. The van der Waals surface area contributed by atoms with Gasteiger partial charge in [0.15, 0.2) is 5.96 Å². The van der Waals surface area contributed by atoms with Gasteiger partial charge in [-0.25, -0.2) is 9.98 Å². The van der Waals surface area contributed by atoms with Gasteiger partial charge in [0.2, 0.25) is 5.88 Å². The molecule has 1 N–H and O–H groups in total. The number of nitrogens with zero attached hydrogens (tertiary/aromatic N) is 3. The lowest BCUT2D eigenvalue weighted by atomic mass is 10.3. The van der Waals surface area contributed by atoms with Crippen molar-refractivity contribution in [3.63, 3.8) is 0 Å². The second kappa shape index (κ2) is 11.2. The number of guanidine groups is 1. The van der Waals surface area contributed by atoms with Crippen LogP contribution in [0, 0.1) is 0 Å². The first kappa shape index (κ1) is 20.7. The fourth-order valence-corrected chi connectivity index (χ4v) is 2.80. The number of aliphatic imine (C=N–C) groups is 1. The third kappa shape index (κ3) is 6.64. The van der Waals surface area contributed by atoms with Crippen molar-refractivity contribution < 1.29 is 4.74 Å². The van der Waals surface area contributed by atoms with Gasteiger partial charge in [0, 0.05) is 37.3 Å². The van der Waals surface area contributed by atoms with Gasteiger partial charge in [-0.1, -0.05) is 12.1 Å². The Morgan fingerprint density at radius 3 is 2.79 bits per heavy atom. The Morgan fingerprint density at radius 2 is 2.21 bits per heavy atom. The highest BCUT2D eigenvalue weighted by Crippen LogP contribution is 2.10. The number of likely N-dealkylation sites (N-methyl/N-ethyl adjacent to an activating group) is 1. The second-order valence-electron chi connectivity index (χ2n) is 5.13. The Bertz CT molecular complexity index is 602. The Balaban J connectivity index is 0.00000288. The number of methoxy groups -OCH3 is 1. The molecular formula is C17H25IN4OS. The molecule has 0 bridgehead atoms. The highest BCUT2D eigenvalue weighted by molar-refractivity contribution is 14.0. The summed E-state index contributed by atoms with van der Waals surface area (Å²) >= 11 is 1.80. The van der Waals surface area contributed by atoms with E-state index in [4.69, 9.17) is 9.73 Å². The van der Waals surface area contributed by atoms with Gasteiger partial charge in [-0.15, -0.1) is 35.3 Å². The molecule has 7 heteroatoms. The van der Waals surface area contributed by atoms with E-state index in [2.05, 4.69) is 46.7 Å². The van der Waals surface area contributed by atoms with Crippen molar-refractivity contribution in [3.05, 3.63) is 46.3 Å². The zero-order chi connectivity index (χ0) is 16.5. The minimum Gasteiger partial charge on any atom is -0.481 e. The first-order valence-electron chi connectivity index (χ1n) is 7.73. The molecule has 0 aliphatic rings. The summed E-state index contributed by atoms with van der Waals surface area (Å²) in [7, 11) is 3.69. The van der Waals surface area contributed by atoms with Crippen molar-refractivity contribution in [2.45, 2.75) is 19.9 Å². The fourth-order valence-electron chi connectivity index (χ4n) is 2.10. The molecule has 0 saturated heterocycles. The van der Waals surface area contributed by atoms with Crippen LogP contribution in [0.4, 0.5) is 0 Å². The van der Waals surface area contributed by atoms with Gasteiger partial charge < -0.3 is 15.0 Å². The van der Waals surface area contributed by atoms with Crippen LogP contribution in [-0.4, -0.2) is 43.1 Å². The molecule has 2 rings (SSSR count). The predicted molar refractivity (Wildman–Crippen MR) is 112 cm³/mol. The van der Waals surface area contributed by atoms with Crippen molar-refractivity contribution in [2.24, 2.45) is 4.99 Å². The van der Waals surface area contributed by atoms with Crippen molar-refractivity contribution in [3.8, 4) is 5.88 Å². The molecule has 5 nitrogen and oxygen atoms in total. The van der Waals surface area contributed by atoms with Crippen molar-refractivity contribution >= 4 is 41.3 Å². The number of hydrogen-bond donors (Lipinski definition) is 1. The molecule has 0 aromatic carbocycles. The fraction of sp³-hybridized carbons (Fsp3) is 0.412. The normalized spacial score (nSPS) is 10.9. The van der Waals surface area contributed by atoms with Gasteiger partial charge in [-0.2, -0.15) is 0 Å². The van der Waals surface area contributed by atoms with E-state index in [1.54, 1.807) is 24.6 Å². The van der Waals surface area contributed by atoms with E-state index in [1.807, 2.05) is 12.1 Å². The average Bonchev–Trinajstić information content (AvgIpc) is 3.10. The number of rotatable bonds is 7. The summed E-state index contributed by atoms with van der Waals surface area (Å²) in [4.78, 5) is 12.5. The van der Waals surface area contributed by atoms with Crippen LogP contribution in [0.1, 0.15) is 17.4 Å². The van der Waals surface area contributed by atoms with Gasteiger partial charge in [-0.3, -0.25) is 0 Å². The molecule has 0 aliphatic heterocycles. The van der Waals surface area contributed by atoms with Crippen molar-refractivity contribution in [1.82, 2.24) is 15.2 Å². The van der Waals surface area contributed by atoms with Gasteiger partial charge in [-0.05, 0) is 30.4 Å². The highest BCUT2D eigenvalue weighted by Gasteiger charge is 2.06. The number of thiophene rings is 1. The third-order valence-corrected chi connectivity index (χ3v) is 4.32. The van der Waals surface area contributed by atoms with E-state index in [0.29, 0.717) is 12.4 Å². The monoisotopic (exact) mass is 460 g/mol. The summed E-state index contributed by atoms with van der Waals surface area (Å²) < 4.78 is 5.07. The predicted octanol–water partition coefficient (Wildman–Crippen LogP) is 3.41. The van der Waals surface area contributed by atoms with Crippen LogP contribution in [0.3, 0.4) is 0 Å². The number of aromatic nitrogens is 1. The molecule has 0 atom stereocenters. The quantitative estimate of drug-likeness (QED) is 0.391. The minimum absolute atomic E-state index is 0. The van der Waals surface area contributed by atoms with E-state index in [0.717, 1.165) is 31.0 Å². The molecule has 24 heavy (non-hydrogen) atoms. The standard InChI is InChI=1S/C17H24N4OS.HI/c1-4-18-17(21(2)10-9-15-6-5-11-23-15)20-13-14-7-8-16(22-3)19-12-14;/h5-8,11-12H,4,9-10,13H2,1-3H3,(H,18,20);1H.